The van der Waals surface area contributed by atoms with Crippen molar-refractivity contribution >= 4 is 5.91 Å². The fraction of sp³-hybridized carbons (Fsp3) is 0.900. The average molecular weight is 187 g/mol. The summed E-state index contributed by atoms with van der Waals surface area (Å²) in [6, 6.07) is 0. The zero-order valence-corrected chi connectivity index (χ0v) is 9.76. The Morgan fingerprint density at radius 3 is 1.77 bits per heavy atom. The summed E-state index contributed by atoms with van der Waals surface area (Å²) in [5.41, 5.74) is -0.794. The Labute approximate surface area is 81.1 Å². The van der Waals surface area contributed by atoms with Crippen LogP contribution in [0, 0.1) is 0 Å². The van der Waals surface area contributed by atoms with Crippen molar-refractivity contribution in [2.75, 3.05) is 7.05 Å². The molecular formula is C10H21NO2. The minimum absolute atomic E-state index is 0.00856. The minimum atomic E-state index is -0.552. The predicted octanol–water partition coefficient (Wildman–Crippen LogP) is 2.02. The molecule has 0 aliphatic rings. The molecule has 3 heteroatoms. The van der Waals surface area contributed by atoms with Crippen molar-refractivity contribution in [2.45, 2.75) is 52.9 Å². The third kappa shape index (κ3) is 4.27. The molecule has 0 aliphatic carbocycles. The molecule has 0 saturated carbocycles. The van der Waals surface area contributed by atoms with Gasteiger partial charge in [0.1, 0.15) is 5.72 Å². The van der Waals surface area contributed by atoms with Crippen LogP contribution in [0.15, 0.2) is 0 Å². The van der Waals surface area contributed by atoms with Crippen LogP contribution in [0.5, 0.6) is 0 Å². The third-order valence-electron chi connectivity index (χ3n) is 1.84. The van der Waals surface area contributed by atoms with E-state index in [1.165, 1.54) is 6.92 Å². The van der Waals surface area contributed by atoms with Gasteiger partial charge in [0.05, 0.1) is 5.60 Å². The second-order valence-corrected chi connectivity index (χ2v) is 4.74. The number of rotatable bonds is 2. The Kier molecular flexibility index (Phi) is 3.50. The van der Waals surface area contributed by atoms with Crippen LogP contribution in [0.4, 0.5) is 0 Å². The molecule has 13 heavy (non-hydrogen) atoms. The topological polar surface area (TPSA) is 29.5 Å². The lowest BCUT2D eigenvalue weighted by molar-refractivity contribution is -0.191. The van der Waals surface area contributed by atoms with Crippen LogP contribution in [-0.4, -0.2) is 29.2 Å². The van der Waals surface area contributed by atoms with Crippen LogP contribution >= 0.6 is 0 Å². The molecule has 0 heterocycles. The van der Waals surface area contributed by atoms with E-state index < -0.39 is 5.72 Å². The monoisotopic (exact) mass is 187 g/mol. The maximum Gasteiger partial charge on any atom is 0.221 e. The van der Waals surface area contributed by atoms with E-state index in [1.54, 1.807) is 11.9 Å². The number of hydrogen-bond donors (Lipinski definition) is 0. The predicted molar refractivity (Wildman–Crippen MR) is 53.4 cm³/mol. The van der Waals surface area contributed by atoms with Gasteiger partial charge in [0.2, 0.25) is 5.91 Å². The fourth-order valence-corrected chi connectivity index (χ4v) is 1.20. The van der Waals surface area contributed by atoms with Gasteiger partial charge in [0, 0.05) is 14.0 Å². The van der Waals surface area contributed by atoms with Gasteiger partial charge in [0.25, 0.3) is 0 Å². The lowest BCUT2D eigenvalue weighted by Gasteiger charge is -2.40. The zero-order valence-electron chi connectivity index (χ0n) is 9.76. The molecule has 0 atom stereocenters. The highest BCUT2D eigenvalue weighted by Gasteiger charge is 2.31. The molecule has 78 valence electrons. The third-order valence-corrected chi connectivity index (χ3v) is 1.84. The summed E-state index contributed by atoms with van der Waals surface area (Å²) in [6.07, 6.45) is 0. The van der Waals surface area contributed by atoms with Crippen molar-refractivity contribution in [2.24, 2.45) is 0 Å². The highest BCUT2D eigenvalue weighted by Crippen LogP contribution is 2.22. The molecular weight excluding hydrogens is 166 g/mol. The first kappa shape index (κ1) is 12.4. The SMILES string of the molecule is CC(=O)N(C)C(C)(C)OC(C)(C)C. The fourth-order valence-electron chi connectivity index (χ4n) is 1.20. The molecule has 0 saturated heterocycles. The number of carbonyl (C=O) groups excluding carboxylic acids is 1. The van der Waals surface area contributed by atoms with Gasteiger partial charge in [-0.15, -0.1) is 0 Å². The number of hydrogen-bond acceptors (Lipinski definition) is 2. The smallest absolute Gasteiger partial charge is 0.221 e. The van der Waals surface area contributed by atoms with Crippen molar-refractivity contribution in [3.63, 3.8) is 0 Å². The second-order valence-electron chi connectivity index (χ2n) is 4.74. The standard InChI is InChI=1S/C10H21NO2/c1-8(12)11(7)10(5,6)13-9(2,3)4/h1-7H3. The average Bonchev–Trinajstić information content (AvgIpc) is 1.80. The molecule has 0 N–H and O–H groups in total. The Hall–Kier alpha value is -0.570. The van der Waals surface area contributed by atoms with Crippen LogP contribution in [0.25, 0.3) is 0 Å². The quantitative estimate of drug-likeness (QED) is 0.619. The molecule has 0 bridgehead atoms. The summed E-state index contributed by atoms with van der Waals surface area (Å²) in [4.78, 5) is 12.7. The minimum Gasteiger partial charge on any atom is -0.351 e. The first-order chi connectivity index (χ1) is 5.56. The van der Waals surface area contributed by atoms with Gasteiger partial charge in [-0.1, -0.05) is 0 Å². The molecule has 3 nitrogen and oxygen atoms in total. The van der Waals surface area contributed by atoms with Gasteiger partial charge < -0.3 is 9.64 Å². The molecule has 0 aromatic carbocycles. The van der Waals surface area contributed by atoms with E-state index in [2.05, 4.69) is 0 Å². The summed E-state index contributed by atoms with van der Waals surface area (Å²) in [5.74, 6) is 0.00856. The van der Waals surface area contributed by atoms with E-state index in [9.17, 15) is 4.79 Å². The van der Waals surface area contributed by atoms with Gasteiger partial charge in [-0.3, -0.25) is 4.79 Å². The number of amides is 1. The molecule has 0 unspecified atom stereocenters. The lowest BCUT2D eigenvalue weighted by atomic mass is 10.1. The van der Waals surface area contributed by atoms with Crippen LogP contribution in [0.1, 0.15) is 41.5 Å². The molecule has 0 aromatic rings. The Morgan fingerprint density at radius 2 is 1.54 bits per heavy atom. The van der Waals surface area contributed by atoms with Crippen LogP contribution in [0.3, 0.4) is 0 Å². The Bertz CT molecular complexity index is 192. The lowest BCUT2D eigenvalue weighted by Crippen LogP contribution is -2.49. The molecule has 1 amide bonds. The van der Waals surface area contributed by atoms with E-state index in [1.807, 2.05) is 34.6 Å². The van der Waals surface area contributed by atoms with E-state index in [4.69, 9.17) is 4.74 Å². The summed E-state index contributed by atoms with van der Waals surface area (Å²) < 4.78 is 5.75. The molecule has 0 spiro atoms. The molecule has 0 aromatic heterocycles. The van der Waals surface area contributed by atoms with E-state index >= 15 is 0 Å². The zero-order chi connectivity index (χ0) is 10.9. The van der Waals surface area contributed by atoms with Crippen molar-refractivity contribution < 1.29 is 9.53 Å². The van der Waals surface area contributed by atoms with Crippen molar-refractivity contribution in [1.82, 2.24) is 4.90 Å². The van der Waals surface area contributed by atoms with Gasteiger partial charge >= 0.3 is 0 Å². The Morgan fingerprint density at radius 1 is 1.15 bits per heavy atom. The highest BCUT2D eigenvalue weighted by molar-refractivity contribution is 5.73. The Balaban J connectivity index is 4.48. The van der Waals surface area contributed by atoms with Gasteiger partial charge in [-0.05, 0) is 34.6 Å². The molecule has 0 radical (unpaired) electrons. The largest absolute Gasteiger partial charge is 0.351 e. The molecule has 0 aliphatic heterocycles. The van der Waals surface area contributed by atoms with Gasteiger partial charge in [-0.25, -0.2) is 0 Å². The summed E-state index contributed by atoms with van der Waals surface area (Å²) in [5, 5.41) is 0. The first-order valence-corrected chi connectivity index (χ1v) is 4.51. The molecule has 0 rings (SSSR count). The summed E-state index contributed by atoms with van der Waals surface area (Å²) in [6.45, 7) is 11.2. The first-order valence-electron chi connectivity index (χ1n) is 4.51. The number of nitrogens with zero attached hydrogens (tertiary/aromatic N) is 1. The van der Waals surface area contributed by atoms with Gasteiger partial charge in [-0.2, -0.15) is 0 Å². The number of ether oxygens (including phenoxy) is 1. The summed E-state index contributed by atoms with van der Waals surface area (Å²) in [7, 11) is 1.74. The number of carbonyl (C=O) groups is 1. The van der Waals surface area contributed by atoms with Gasteiger partial charge in [0.15, 0.2) is 0 Å². The van der Waals surface area contributed by atoms with Crippen LogP contribution in [0.2, 0.25) is 0 Å². The maximum absolute atomic E-state index is 11.1. The van der Waals surface area contributed by atoms with Crippen molar-refractivity contribution in [3.05, 3.63) is 0 Å². The van der Waals surface area contributed by atoms with Crippen LogP contribution < -0.4 is 0 Å². The van der Waals surface area contributed by atoms with Crippen LogP contribution in [-0.2, 0) is 9.53 Å². The summed E-state index contributed by atoms with van der Waals surface area (Å²) >= 11 is 0. The van der Waals surface area contributed by atoms with E-state index in [-0.39, 0.29) is 11.5 Å². The maximum atomic E-state index is 11.1. The van der Waals surface area contributed by atoms with Crippen molar-refractivity contribution in [3.8, 4) is 0 Å². The highest BCUT2D eigenvalue weighted by atomic mass is 16.5. The van der Waals surface area contributed by atoms with Crippen molar-refractivity contribution in [1.29, 1.82) is 0 Å². The van der Waals surface area contributed by atoms with E-state index in [0.29, 0.717) is 0 Å². The normalized spacial score (nSPS) is 12.8. The second kappa shape index (κ2) is 3.66. The molecule has 0 fully saturated rings. The van der Waals surface area contributed by atoms with E-state index in [0.717, 1.165) is 0 Å².